The molecule has 1 unspecified atom stereocenters. The number of carbonyl (C=O) groups is 2. The largest absolute Gasteiger partial charge is 0.469 e. The number of rotatable bonds is 6. The minimum atomic E-state index is -0.256. The lowest BCUT2D eigenvalue weighted by Gasteiger charge is -2.19. The molecule has 0 saturated heterocycles. The van der Waals surface area contributed by atoms with Gasteiger partial charge >= 0.3 is 11.9 Å². The van der Waals surface area contributed by atoms with Crippen LogP contribution in [0.4, 0.5) is 5.13 Å². The third kappa shape index (κ3) is 3.93. The monoisotopic (exact) mass is 312 g/mol. The highest BCUT2D eigenvalue weighted by molar-refractivity contribution is 7.15. The van der Waals surface area contributed by atoms with Crippen LogP contribution in [0.15, 0.2) is 0 Å². The lowest BCUT2D eigenvalue weighted by atomic mass is 9.91. The van der Waals surface area contributed by atoms with Gasteiger partial charge in [0, 0.05) is 11.4 Å². The fraction of sp³-hybridized carbons (Fsp3) is 0.643. The normalized spacial score (nSPS) is 17.0. The molecule has 0 bridgehead atoms. The summed E-state index contributed by atoms with van der Waals surface area (Å²) in [6.07, 6.45) is 3.00. The van der Waals surface area contributed by atoms with Crippen LogP contribution in [0.25, 0.3) is 0 Å². The maximum atomic E-state index is 12.0. The Bertz CT molecular complexity index is 515. The molecule has 1 aromatic rings. The maximum absolute atomic E-state index is 12.0. The van der Waals surface area contributed by atoms with Gasteiger partial charge < -0.3 is 14.8 Å². The fourth-order valence-electron chi connectivity index (χ4n) is 2.34. The number of thiazole rings is 1. The highest BCUT2D eigenvalue weighted by Crippen LogP contribution is 2.37. The number of carbonyl (C=O) groups excluding carboxylic acids is 2. The van der Waals surface area contributed by atoms with Gasteiger partial charge in [0.25, 0.3) is 0 Å². The first-order valence-electron chi connectivity index (χ1n) is 7.12. The van der Waals surface area contributed by atoms with Crippen LogP contribution in [-0.2, 0) is 25.5 Å². The fourth-order valence-corrected chi connectivity index (χ4v) is 3.43. The molecule has 116 valence electrons. The van der Waals surface area contributed by atoms with Gasteiger partial charge in [0.05, 0.1) is 25.8 Å². The first-order chi connectivity index (χ1) is 10.2. The van der Waals surface area contributed by atoms with E-state index in [9.17, 15) is 9.59 Å². The molecule has 0 saturated carbocycles. The third-order valence-corrected chi connectivity index (χ3v) is 4.45. The predicted molar refractivity (Wildman–Crippen MR) is 79.5 cm³/mol. The summed E-state index contributed by atoms with van der Waals surface area (Å²) in [4.78, 5) is 28.7. The van der Waals surface area contributed by atoms with Crippen LogP contribution in [-0.4, -0.2) is 37.2 Å². The second-order valence-electron chi connectivity index (χ2n) is 4.78. The molecule has 0 radical (unpaired) electrons. The molecule has 0 spiro atoms. The Morgan fingerprint density at radius 3 is 3.00 bits per heavy atom. The van der Waals surface area contributed by atoms with Gasteiger partial charge in [0.1, 0.15) is 5.92 Å². The second kappa shape index (κ2) is 7.40. The summed E-state index contributed by atoms with van der Waals surface area (Å²) in [5.74, 6) is -0.695. The topological polar surface area (TPSA) is 77.5 Å². The quantitative estimate of drug-likeness (QED) is 0.811. The van der Waals surface area contributed by atoms with Gasteiger partial charge in [-0.15, -0.1) is 11.3 Å². The standard InChI is InChI=1S/C14H20N2O4S/c1-3-20-13(18)9-5-4-6-10-12(9)16-14(21-10)15-8-7-11(17)19-2/h9H,3-8H2,1-2H3,(H,15,16). The molecule has 0 amide bonds. The Morgan fingerprint density at radius 2 is 2.29 bits per heavy atom. The van der Waals surface area contributed by atoms with Crippen molar-refractivity contribution in [1.29, 1.82) is 0 Å². The van der Waals surface area contributed by atoms with E-state index in [2.05, 4.69) is 15.0 Å². The molecular weight excluding hydrogens is 292 g/mol. The lowest BCUT2D eigenvalue weighted by molar-refractivity contribution is -0.145. The van der Waals surface area contributed by atoms with Crippen LogP contribution < -0.4 is 5.32 Å². The molecule has 0 aromatic carbocycles. The van der Waals surface area contributed by atoms with Crippen molar-refractivity contribution in [3.63, 3.8) is 0 Å². The number of fused-ring (bicyclic) bond motifs is 1. The molecule has 1 aromatic heterocycles. The van der Waals surface area contributed by atoms with E-state index in [1.54, 1.807) is 11.3 Å². The first-order valence-corrected chi connectivity index (χ1v) is 7.94. The molecule has 1 N–H and O–H groups in total. The molecule has 7 heteroatoms. The number of nitrogens with zero attached hydrogens (tertiary/aromatic N) is 1. The van der Waals surface area contributed by atoms with Crippen molar-refractivity contribution in [2.75, 3.05) is 25.6 Å². The molecule has 0 aliphatic heterocycles. The Morgan fingerprint density at radius 1 is 1.48 bits per heavy atom. The molecular formula is C14H20N2O4S. The van der Waals surface area contributed by atoms with Gasteiger partial charge in [0.15, 0.2) is 5.13 Å². The second-order valence-corrected chi connectivity index (χ2v) is 5.86. The van der Waals surface area contributed by atoms with E-state index >= 15 is 0 Å². The lowest BCUT2D eigenvalue weighted by Crippen LogP contribution is -2.20. The molecule has 21 heavy (non-hydrogen) atoms. The van der Waals surface area contributed by atoms with Crippen LogP contribution in [0.3, 0.4) is 0 Å². The zero-order valence-corrected chi connectivity index (χ0v) is 13.1. The van der Waals surface area contributed by atoms with Gasteiger partial charge in [0.2, 0.25) is 0 Å². The van der Waals surface area contributed by atoms with Gasteiger partial charge in [-0.1, -0.05) is 0 Å². The summed E-state index contributed by atoms with van der Waals surface area (Å²) in [7, 11) is 1.37. The van der Waals surface area contributed by atoms with Crippen molar-refractivity contribution >= 4 is 28.4 Å². The Kier molecular flexibility index (Phi) is 5.55. The summed E-state index contributed by atoms with van der Waals surface area (Å²) in [6.45, 7) is 2.67. The molecule has 1 aliphatic rings. The number of hydrogen-bond donors (Lipinski definition) is 1. The average Bonchev–Trinajstić information content (AvgIpc) is 2.89. The van der Waals surface area contributed by atoms with Crippen molar-refractivity contribution in [1.82, 2.24) is 4.98 Å². The number of ether oxygens (including phenoxy) is 2. The number of nitrogens with one attached hydrogen (secondary N) is 1. The summed E-state index contributed by atoms with van der Waals surface area (Å²) in [5, 5.41) is 3.86. The van der Waals surface area contributed by atoms with Crippen LogP contribution in [0.5, 0.6) is 0 Å². The van der Waals surface area contributed by atoms with E-state index in [4.69, 9.17) is 4.74 Å². The van der Waals surface area contributed by atoms with Gasteiger partial charge in [-0.3, -0.25) is 9.59 Å². The van der Waals surface area contributed by atoms with Crippen molar-refractivity contribution in [2.24, 2.45) is 0 Å². The van der Waals surface area contributed by atoms with Crippen LogP contribution >= 0.6 is 11.3 Å². The SMILES string of the molecule is CCOC(=O)C1CCCc2sc(NCCC(=O)OC)nc21. The molecule has 1 aliphatic carbocycles. The zero-order chi connectivity index (χ0) is 15.2. The minimum absolute atomic E-state index is 0.190. The summed E-state index contributed by atoms with van der Waals surface area (Å²) in [5.41, 5.74) is 0.838. The molecule has 0 fully saturated rings. The first kappa shape index (κ1) is 15.8. The van der Waals surface area contributed by atoms with Gasteiger partial charge in [-0.05, 0) is 26.2 Å². The Hall–Kier alpha value is -1.63. The van der Waals surface area contributed by atoms with Gasteiger partial charge in [-0.2, -0.15) is 0 Å². The number of aromatic nitrogens is 1. The Labute approximate surface area is 127 Å². The van der Waals surface area contributed by atoms with E-state index in [1.807, 2.05) is 6.92 Å². The molecule has 2 rings (SSSR count). The van der Waals surface area contributed by atoms with Crippen LogP contribution in [0, 0.1) is 0 Å². The van der Waals surface area contributed by atoms with E-state index in [0.717, 1.165) is 35.0 Å². The van der Waals surface area contributed by atoms with Crippen molar-refractivity contribution in [2.45, 2.75) is 38.5 Å². The number of aryl methyl sites for hydroxylation is 1. The number of hydrogen-bond acceptors (Lipinski definition) is 7. The minimum Gasteiger partial charge on any atom is -0.469 e. The zero-order valence-electron chi connectivity index (χ0n) is 12.3. The van der Waals surface area contributed by atoms with E-state index in [-0.39, 0.29) is 17.9 Å². The number of methoxy groups -OCH3 is 1. The van der Waals surface area contributed by atoms with E-state index < -0.39 is 0 Å². The van der Waals surface area contributed by atoms with Crippen molar-refractivity contribution in [3.05, 3.63) is 10.6 Å². The number of anilines is 1. The summed E-state index contributed by atoms with van der Waals surface area (Å²) < 4.78 is 9.71. The van der Waals surface area contributed by atoms with E-state index in [0.29, 0.717) is 19.6 Å². The highest BCUT2D eigenvalue weighted by atomic mass is 32.1. The van der Waals surface area contributed by atoms with Gasteiger partial charge in [-0.25, -0.2) is 4.98 Å². The van der Waals surface area contributed by atoms with Crippen LogP contribution in [0.1, 0.15) is 42.7 Å². The Balaban J connectivity index is 2.01. The highest BCUT2D eigenvalue weighted by Gasteiger charge is 2.31. The van der Waals surface area contributed by atoms with Crippen molar-refractivity contribution < 1.29 is 19.1 Å². The maximum Gasteiger partial charge on any atom is 0.315 e. The average molecular weight is 312 g/mol. The third-order valence-electron chi connectivity index (χ3n) is 3.36. The molecule has 6 nitrogen and oxygen atoms in total. The van der Waals surface area contributed by atoms with Crippen LogP contribution in [0.2, 0.25) is 0 Å². The number of esters is 2. The summed E-state index contributed by atoms with van der Waals surface area (Å²) in [6, 6.07) is 0. The predicted octanol–water partition coefficient (Wildman–Crippen LogP) is 2.10. The van der Waals surface area contributed by atoms with Crippen molar-refractivity contribution in [3.8, 4) is 0 Å². The molecule has 1 atom stereocenters. The molecule has 1 heterocycles. The van der Waals surface area contributed by atoms with E-state index in [1.165, 1.54) is 7.11 Å². The summed E-state index contributed by atoms with van der Waals surface area (Å²) >= 11 is 1.55. The smallest absolute Gasteiger partial charge is 0.315 e.